The summed E-state index contributed by atoms with van der Waals surface area (Å²) in [6.45, 7) is 2.67. The van der Waals surface area contributed by atoms with Gasteiger partial charge in [-0.25, -0.2) is 0 Å². The third kappa shape index (κ3) is 10.1. The van der Waals surface area contributed by atoms with Crippen LogP contribution >= 0.6 is 12.6 Å². The van der Waals surface area contributed by atoms with Crippen molar-refractivity contribution in [1.82, 2.24) is 5.32 Å². The van der Waals surface area contributed by atoms with Crippen molar-refractivity contribution < 1.29 is 29.6 Å². The predicted octanol–water partition coefficient (Wildman–Crippen LogP) is -1.24. The molecule has 1 amide bonds. The van der Waals surface area contributed by atoms with Crippen LogP contribution in [0.1, 0.15) is 13.8 Å². The predicted molar refractivity (Wildman–Crippen MR) is 74.0 cm³/mol. The number of thiol groups is 1. The minimum atomic E-state index is -0.943. The van der Waals surface area contributed by atoms with Crippen molar-refractivity contribution in [1.29, 1.82) is 0 Å². The number of ether oxygens (including phenoxy) is 2. The number of hydrogen-bond acceptors (Lipinski definition) is 7. The van der Waals surface area contributed by atoms with Crippen LogP contribution in [0.25, 0.3) is 0 Å². The van der Waals surface area contributed by atoms with Crippen LogP contribution in [0.3, 0.4) is 0 Å². The number of rotatable bonds is 9. The summed E-state index contributed by atoms with van der Waals surface area (Å²) in [7, 11) is 1.33. The van der Waals surface area contributed by atoms with Gasteiger partial charge in [-0.15, -0.1) is 0 Å². The van der Waals surface area contributed by atoms with Crippen molar-refractivity contribution in [2.45, 2.75) is 38.4 Å². The van der Waals surface area contributed by atoms with E-state index in [4.69, 9.17) is 19.7 Å². The molecule has 0 bridgehead atoms. The maximum absolute atomic E-state index is 10.3. The fraction of sp³-hybridized carbons (Fsp3) is 0.909. The Balaban J connectivity index is 0. The summed E-state index contributed by atoms with van der Waals surface area (Å²) in [5.74, 6) is 0.944. The third-order valence-corrected chi connectivity index (χ3v) is 2.07. The average molecular weight is 299 g/mol. The molecular weight excluding hydrogens is 274 g/mol. The fourth-order valence-electron chi connectivity index (χ4n) is 1.10. The normalized spacial score (nSPS) is 16.6. The van der Waals surface area contributed by atoms with E-state index in [1.54, 1.807) is 0 Å². The molecule has 0 aliphatic rings. The minimum absolute atomic E-state index is 0.380. The fourth-order valence-corrected chi connectivity index (χ4v) is 1.10. The van der Waals surface area contributed by atoms with Crippen molar-refractivity contribution >= 4 is 19.0 Å². The van der Waals surface area contributed by atoms with E-state index in [-0.39, 0.29) is 6.61 Å². The molecule has 0 saturated carbocycles. The molecule has 4 N–H and O–H groups in total. The van der Waals surface area contributed by atoms with E-state index in [1.165, 1.54) is 14.0 Å². The maximum atomic E-state index is 10.3. The van der Waals surface area contributed by atoms with Gasteiger partial charge in [0.2, 0.25) is 6.41 Å². The van der Waals surface area contributed by atoms with Gasteiger partial charge in [-0.05, 0) is 12.7 Å². The zero-order chi connectivity index (χ0) is 15.3. The first-order valence-corrected chi connectivity index (χ1v) is 6.54. The summed E-state index contributed by atoms with van der Waals surface area (Å²) in [5.41, 5.74) is 0. The molecule has 116 valence electrons. The van der Waals surface area contributed by atoms with Gasteiger partial charge in [0.25, 0.3) is 0 Å². The lowest BCUT2D eigenvalue weighted by Gasteiger charge is -2.28. The molecule has 0 saturated heterocycles. The lowest BCUT2D eigenvalue weighted by Crippen LogP contribution is -2.48. The summed E-state index contributed by atoms with van der Waals surface area (Å²) in [5, 5.41) is 29.5. The highest BCUT2D eigenvalue weighted by Crippen LogP contribution is 2.07. The summed E-state index contributed by atoms with van der Waals surface area (Å²) in [6, 6.07) is -0.754. The Kier molecular flexibility index (Phi) is 15.5. The second-order valence-corrected chi connectivity index (χ2v) is 4.22. The highest BCUT2D eigenvalue weighted by molar-refractivity contribution is 7.80. The maximum Gasteiger partial charge on any atom is 0.207 e. The molecule has 8 heteroatoms. The van der Waals surface area contributed by atoms with Crippen LogP contribution in [0, 0.1) is 0 Å². The summed E-state index contributed by atoms with van der Waals surface area (Å²) in [6.07, 6.45) is -2.26. The summed E-state index contributed by atoms with van der Waals surface area (Å²) >= 11 is 3.79. The second kappa shape index (κ2) is 14.0. The number of aliphatic hydroxyl groups excluding tert-OH is 3. The molecule has 4 unspecified atom stereocenters. The Morgan fingerprint density at radius 3 is 2.16 bits per heavy atom. The quantitative estimate of drug-likeness (QED) is 0.207. The first-order chi connectivity index (χ1) is 9.01. The molecule has 0 aromatic rings. The van der Waals surface area contributed by atoms with Gasteiger partial charge in [0.05, 0.1) is 19.3 Å². The Morgan fingerprint density at radius 1 is 1.37 bits per heavy atom. The van der Waals surface area contributed by atoms with Crippen molar-refractivity contribution in [2.24, 2.45) is 0 Å². The van der Waals surface area contributed by atoms with Gasteiger partial charge in [0.1, 0.15) is 12.1 Å². The van der Waals surface area contributed by atoms with Crippen LogP contribution < -0.4 is 5.32 Å². The number of carbonyl (C=O) groups is 1. The second-order valence-electron chi connectivity index (χ2n) is 3.59. The van der Waals surface area contributed by atoms with E-state index < -0.39 is 31.1 Å². The van der Waals surface area contributed by atoms with Gasteiger partial charge in [-0.1, -0.05) is 6.92 Å². The minimum Gasteiger partial charge on any atom is -0.394 e. The number of aliphatic hydroxyl groups is 3. The molecule has 0 spiro atoms. The third-order valence-electron chi connectivity index (χ3n) is 2.07. The van der Waals surface area contributed by atoms with Gasteiger partial charge in [0, 0.05) is 7.11 Å². The molecular formula is C11H25NO6S. The van der Waals surface area contributed by atoms with E-state index in [0.29, 0.717) is 6.41 Å². The monoisotopic (exact) mass is 299 g/mol. The molecule has 0 aromatic heterocycles. The zero-order valence-corrected chi connectivity index (χ0v) is 12.4. The van der Waals surface area contributed by atoms with Crippen LogP contribution in [-0.4, -0.2) is 72.3 Å². The van der Waals surface area contributed by atoms with Crippen molar-refractivity contribution in [2.75, 3.05) is 26.1 Å². The topological polar surface area (TPSA) is 108 Å². The number of carbonyl (C=O) groups excluding carboxylic acids is 1. The van der Waals surface area contributed by atoms with E-state index in [9.17, 15) is 9.90 Å². The molecule has 0 aliphatic heterocycles. The van der Waals surface area contributed by atoms with Gasteiger partial charge >= 0.3 is 0 Å². The highest BCUT2D eigenvalue weighted by atomic mass is 32.1. The Bertz CT molecular complexity index is 208. The highest BCUT2D eigenvalue weighted by Gasteiger charge is 2.26. The van der Waals surface area contributed by atoms with Crippen LogP contribution in [-0.2, 0) is 14.3 Å². The summed E-state index contributed by atoms with van der Waals surface area (Å²) in [4.78, 5) is 10.3. The van der Waals surface area contributed by atoms with E-state index >= 15 is 0 Å². The number of hydrogen-bond donors (Lipinski definition) is 5. The van der Waals surface area contributed by atoms with Crippen molar-refractivity contribution in [3.8, 4) is 0 Å². The van der Waals surface area contributed by atoms with E-state index in [0.717, 1.165) is 5.75 Å². The first kappa shape index (κ1) is 20.9. The standard InChI is InChI=1S/C9H19NO6.C2H6S/c1-6(14)8(4-12)16-9(15-2)7(3-11)10-5-13;1-2-3/h5-9,11-12,14H,3-4H2,1-2H3,(H,10,13);3H,2H2,1H3. The molecule has 0 aromatic carbocycles. The lowest BCUT2D eigenvalue weighted by atomic mass is 10.2. The zero-order valence-electron chi connectivity index (χ0n) is 11.5. The average Bonchev–Trinajstić information content (AvgIpc) is 2.38. The van der Waals surface area contributed by atoms with Gasteiger partial charge < -0.3 is 30.1 Å². The number of methoxy groups -OCH3 is 1. The molecule has 7 nitrogen and oxygen atoms in total. The summed E-state index contributed by atoms with van der Waals surface area (Å²) < 4.78 is 10.1. The largest absolute Gasteiger partial charge is 0.394 e. The van der Waals surface area contributed by atoms with Crippen LogP contribution in [0.4, 0.5) is 0 Å². The smallest absolute Gasteiger partial charge is 0.207 e. The molecule has 0 aliphatic carbocycles. The van der Waals surface area contributed by atoms with Crippen LogP contribution in [0.5, 0.6) is 0 Å². The molecule has 0 rings (SSSR count). The Hall–Kier alpha value is -0.380. The molecule has 19 heavy (non-hydrogen) atoms. The van der Waals surface area contributed by atoms with E-state index in [2.05, 4.69) is 17.9 Å². The van der Waals surface area contributed by atoms with Gasteiger partial charge in [0.15, 0.2) is 6.29 Å². The SMILES string of the molecule is CCS.COC(OC(CO)C(C)O)C(CO)NC=O. The Morgan fingerprint density at radius 2 is 1.89 bits per heavy atom. The lowest BCUT2D eigenvalue weighted by molar-refractivity contribution is -0.202. The Labute approximate surface area is 119 Å². The van der Waals surface area contributed by atoms with Crippen molar-refractivity contribution in [3.05, 3.63) is 0 Å². The van der Waals surface area contributed by atoms with Crippen LogP contribution in [0.2, 0.25) is 0 Å². The number of amides is 1. The van der Waals surface area contributed by atoms with Gasteiger partial charge in [-0.3, -0.25) is 4.79 Å². The van der Waals surface area contributed by atoms with Crippen LogP contribution in [0.15, 0.2) is 0 Å². The molecule has 0 radical (unpaired) electrons. The molecule has 0 fully saturated rings. The number of nitrogens with one attached hydrogen (secondary N) is 1. The molecule has 4 atom stereocenters. The van der Waals surface area contributed by atoms with E-state index in [1.807, 2.05) is 6.92 Å². The van der Waals surface area contributed by atoms with Crippen molar-refractivity contribution in [3.63, 3.8) is 0 Å². The molecule has 0 heterocycles. The van der Waals surface area contributed by atoms with Gasteiger partial charge in [-0.2, -0.15) is 12.6 Å². The first-order valence-electron chi connectivity index (χ1n) is 5.90.